The molecule has 1 aromatic heterocycles. The van der Waals surface area contributed by atoms with Gasteiger partial charge >= 0.3 is 0 Å². The van der Waals surface area contributed by atoms with Crippen molar-refractivity contribution in [2.45, 2.75) is 19.9 Å². The lowest BCUT2D eigenvalue weighted by Crippen LogP contribution is -2.13. The van der Waals surface area contributed by atoms with Crippen molar-refractivity contribution in [3.05, 3.63) is 41.6 Å². The first-order chi connectivity index (χ1) is 8.63. The minimum Gasteiger partial charge on any atom is -0.352 e. The van der Waals surface area contributed by atoms with Gasteiger partial charge in [-0.3, -0.25) is 0 Å². The molecule has 0 aliphatic heterocycles. The summed E-state index contributed by atoms with van der Waals surface area (Å²) in [6.07, 6.45) is 0. The van der Waals surface area contributed by atoms with Crippen molar-refractivity contribution >= 4 is 29.1 Å². The van der Waals surface area contributed by atoms with Gasteiger partial charge in [-0.25, -0.2) is 4.98 Å². The Morgan fingerprint density at radius 2 is 1.83 bits per heavy atom. The van der Waals surface area contributed by atoms with Crippen LogP contribution in [0.3, 0.4) is 0 Å². The molecule has 0 radical (unpaired) electrons. The van der Waals surface area contributed by atoms with Crippen LogP contribution < -0.4 is 10.6 Å². The molecule has 0 atom stereocenters. The highest BCUT2D eigenvalue weighted by Crippen LogP contribution is 2.19. The van der Waals surface area contributed by atoms with Crippen LogP contribution in [0.4, 0.5) is 17.5 Å². The van der Waals surface area contributed by atoms with Crippen LogP contribution in [0, 0.1) is 0 Å². The molecule has 0 aliphatic rings. The van der Waals surface area contributed by atoms with Crippen molar-refractivity contribution in [1.29, 1.82) is 0 Å². The Labute approximate surface area is 111 Å². The van der Waals surface area contributed by atoms with Crippen LogP contribution in [-0.2, 0) is 0 Å². The quantitative estimate of drug-likeness (QED) is 0.825. The highest BCUT2D eigenvalue weighted by molar-refractivity contribution is 6.29. The molecule has 1 aromatic carbocycles. The van der Waals surface area contributed by atoms with Crippen molar-refractivity contribution in [3.63, 3.8) is 0 Å². The topological polar surface area (TPSA) is 49.8 Å². The molecule has 0 bridgehead atoms. The van der Waals surface area contributed by atoms with Crippen LogP contribution in [0.2, 0.25) is 5.15 Å². The normalized spacial score (nSPS) is 10.4. The van der Waals surface area contributed by atoms with E-state index in [1.165, 1.54) is 0 Å². The summed E-state index contributed by atoms with van der Waals surface area (Å²) in [5.74, 6) is 1.19. The summed E-state index contributed by atoms with van der Waals surface area (Å²) >= 11 is 5.97. The molecule has 94 valence electrons. The fourth-order valence-corrected chi connectivity index (χ4v) is 1.66. The predicted octanol–water partition coefficient (Wildman–Crippen LogP) is 3.69. The van der Waals surface area contributed by atoms with Gasteiger partial charge in [0.2, 0.25) is 5.95 Å². The monoisotopic (exact) mass is 262 g/mol. The molecule has 2 N–H and O–H groups in total. The summed E-state index contributed by atoms with van der Waals surface area (Å²) in [7, 11) is 0. The first-order valence-corrected chi connectivity index (χ1v) is 6.14. The number of anilines is 3. The third-order valence-electron chi connectivity index (χ3n) is 2.16. The lowest BCUT2D eigenvalue weighted by Gasteiger charge is -2.11. The Morgan fingerprint density at radius 1 is 1.11 bits per heavy atom. The number of hydrogen-bond donors (Lipinski definition) is 2. The lowest BCUT2D eigenvalue weighted by molar-refractivity contribution is 0.875. The number of benzene rings is 1. The molecule has 0 saturated heterocycles. The minimum absolute atomic E-state index is 0.257. The number of nitrogens with one attached hydrogen (secondary N) is 2. The van der Waals surface area contributed by atoms with Gasteiger partial charge in [0.15, 0.2) is 0 Å². The maximum atomic E-state index is 5.97. The Balaban J connectivity index is 2.20. The van der Waals surface area contributed by atoms with E-state index in [1.807, 2.05) is 44.2 Å². The second kappa shape index (κ2) is 5.69. The average Bonchev–Trinajstić information content (AvgIpc) is 2.28. The van der Waals surface area contributed by atoms with E-state index < -0.39 is 0 Å². The number of hydrogen-bond acceptors (Lipinski definition) is 4. The Hall–Kier alpha value is -1.81. The fraction of sp³-hybridized carbons (Fsp3) is 0.231. The molecule has 0 unspecified atom stereocenters. The Bertz CT molecular complexity index is 514. The molecular weight excluding hydrogens is 248 g/mol. The van der Waals surface area contributed by atoms with Crippen LogP contribution in [0.1, 0.15) is 13.8 Å². The number of para-hydroxylation sites is 1. The van der Waals surface area contributed by atoms with E-state index in [4.69, 9.17) is 11.6 Å². The van der Waals surface area contributed by atoms with Gasteiger partial charge in [0.25, 0.3) is 0 Å². The van der Waals surface area contributed by atoms with Gasteiger partial charge in [-0.05, 0) is 26.0 Å². The van der Waals surface area contributed by atoms with E-state index in [9.17, 15) is 0 Å². The molecule has 0 amide bonds. The first kappa shape index (κ1) is 12.6. The van der Waals surface area contributed by atoms with Crippen molar-refractivity contribution in [1.82, 2.24) is 9.97 Å². The summed E-state index contributed by atoms with van der Waals surface area (Å²) < 4.78 is 0. The molecule has 1 heterocycles. The molecule has 18 heavy (non-hydrogen) atoms. The van der Waals surface area contributed by atoms with E-state index in [2.05, 4.69) is 20.6 Å². The fourth-order valence-electron chi connectivity index (χ4n) is 1.47. The number of aromatic nitrogens is 2. The zero-order chi connectivity index (χ0) is 13.0. The Morgan fingerprint density at radius 3 is 2.50 bits per heavy atom. The maximum Gasteiger partial charge on any atom is 0.226 e. The molecule has 2 aromatic rings. The molecule has 0 saturated carbocycles. The summed E-state index contributed by atoms with van der Waals surface area (Å²) in [5.41, 5.74) is 0.961. The van der Waals surface area contributed by atoms with Crippen LogP contribution >= 0.6 is 11.6 Å². The van der Waals surface area contributed by atoms with Crippen molar-refractivity contribution in [2.24, 2.45) is 0 Å². The van der Waals surface area contributed by atoms with Gasteiger partial charge in [0.05, 0.1) is 0 Å². The summed E-state index contributed by atoms with van der Waals surface area (Å²) in [4.78, 5) is 8.47. The lowest BCUT2D eigenvalue weighted by atomic mass is 10.3. The second-order valence-corrected chi connectivity index (χ2v) is 4.58. The standard InChI is InChI=1S/C13H15ClN4/c1-9(2)15-13-17-11(14)8-12(18-13)16-10-6-4-3-5-7-10/h3-9H,1-2H3,(H2,15,16,17,18). The molecule has 4 nitrogen and oxygen atoms in total. The number of rotatable bonds is 4. The van der Waals surface area contributed by atoms with Crippen molar-refractivity contribution < 1.29 is 0 Å². The highest BCUT2D eigenvalue weighted by Gasteiger charge is 2.04. The SMILES string of the molecule is CC(C)Nc1nc(Cl)cc(Nc2ccccc2)n1. The van der Waals surface area contributed by atoms with Gasteiger partial charge in [-0.2, -0.15) is 4.98 Å². The smallest absolute Gasteiger partial charge is 0.226 e. The van der Waals surface area contributed by atoms with Crippen LogP contribution in [0.15, 0.2) is 36.4 Å². The molecule has 0 spiro atoms. The third-order valence-corrected chi connectivity index (χ3v) is 2.35. The zero-order valence-corrected chi connectivity index (χ0v) is 11.1. The Kier molecular flexibility index (Phi) is 3.99. The maximum absolute atomic E-state index is 5.97. The molecular formula is C13H15ClN4. The highest BCUT2D eigenvalue weighted by atomic mass is 35.5. The largest absolute Gasteiger partial charge is 0.352 e. The van der Waals surface area contributed by atoms with E-state index in [1.54, 1.807) is 6.07 Å². The van der Waals surface area contributed by atoms with Gasteiger partial charge in [-0.15, -0.1) is 0 Å². The third kappa shape index (κ3) is 3.60. The molecule has 0 aliphatic carbocycles. The zero-order valence-electron chi connectivity index (χ0n) is 10.3. The predicted molar refractivity (Wildman–Crippen MR) is 75.5 cm³/mol. The van der Waals surface area contributed by atoms with Crippen molar-refractivity contribution in [3.8, 4) is 0 Å². The van der Waals surface area contributed by atoms with Crippen LogP contribution in [-0.4, -0.2) is 16.0 Å². The summed E-state index contributed by atoms with van der Waals surface area (Å²) in [5, 5.41) is 6.72. The van der Waals surface area contributed by atoms with E-state index >= 15 is 0 Å². The minimum atomic E-state index is 0.257. The second-order valence-electron chi connectivity index (χ2n) is 4.19. The van der Waals surface area contributed by atoms with E-state index in [0.717, 1.165) is 5.69 Å². The summed E-state index contributed by atoms with van der Waals surface area (Å²) in [6.45, 7) is 4.04. The molecule has 2 rings (SSSR count). The number of halogens is 1. The summed E-state index contributed by atoms with van der Waals surface area (Å²) in [6, 6.07) is 11.8. The van der Waals surface area contributed by atoms with E-state index in [0.29, 0.717) is 16.9 Å². The van der Waals surface area contributed by atoms with Gasteiger partial charge in [-0.1, -0.05) is 29.8 Å². The van der Waals surface area contributed by atoms with Crippen LogP contribution in [0.5, 0.6) is 0 Å². The average molecular weight is 263 g/mol. The molecule has 5 heteroatoms. The van der Waals surface area contributed by atoms with E-state index in [-0.39, 0.29) is 6.04 Å². The number of nitrogens with zero attached hydrogens (tertiary/aromatic N) is 2. The first-order valence-electron chi connectivity index (χ1n) is 5.76. The van der Waals surface area contributed by atoms with Gasteiger partial charge < -0.3 is 10.6 Å². The van der Waals surface area contributed by atoms with Crippen LogP contribution in [0.25, 0.3) is 0 Å². The van der Waals surface area contributed by atoms with Crippen molar-refractivity contribution in [2.75, 3.05) is 10.6 Å². The van der Waals surface area contributed by atoms with Gasteiger partial charge in [0, 0.05) is 17.8 Å². The van der Waals surface area contributed by atoms with Gasteiger partial charge in [0.1, 0.15) is 11.0 Å². The molecule has 0 fully saturated rings.